The van der Waals surface area contributed by atoms with Crippen molar-refractivity contribution in [3.63, 3.8) is 0 Å². The molecule has 1 aliphatic rings. The van der Waals surface area contributed by atoms with Crippen molar-refractivity contribution < 1.29 is 14.6 Å². The normalized spacial score (nSPS) is 22.8. The second kappa shape index (κ2) is 5.82. The van der Waals surface area contributed by atoms with Crippen molar-refractivity contribution in [2.45, 2.75) is 25.3 Å². The van der Waals surface area contributed by atoms with Crippen LogP contribution in [0.2, 0.25) is 0 Å². The molecular weight excluding hydrogens is 232 g/mol. The minimum atomic E-state index is -0.441. The van der Waals surface area contributed by atoms with Crippen LogP contribution >= 0.6 is 0 Å². The van der Waals surface area contributed by atoms with Gasteiger partial charge in [-0.05, 0) is 25.0 Å². The summed E-state index contributed by atoms with van der Waals surface area (Å²) in [6.45, 7) is 0.201. The largest absolute Gasteiger partial charge is 0.464 e. The van der Waals surface area contributed by atoms with Crippen LogP contribution in [0.4, 0.5) is 5.69 Å². The second-order valence-corrected chi connectivity index (χ2v) is 4.55. The fraction of sp³-hybridized carbons (Fsp3) is 0.538. The number of hydrogen-bond acceptors (Lipinski definition) is 5. The van der Waals surface area contributed by atoms with Gasteiger partial charge in [0.05, 0.1) is 7.11 Å². The lowest BCUT2D eigenvalue weighted by molar-refractivity contribution is 0.0594. The topological polar surface area (TPSA) is 71.5 Å². The van der Waals surface area contributed by atoms with E-state index in [2.05, 4.69) is 15.0 Å². The number of anilines is 1. The van der Waals surface area contributed by atoms with Crippen LogP contribution in [-0.2, 0) is 4.74 Å². The molecule has 1 saturated carbocycles. The van der Waals surface area contributed by atoms with Gasteiger partial charge in [0, 0.05) is 30.5 Å². The molecule has 0 amide bonds. The van der Waals surface area contributed by atoms with Crippen LogP contribution in [0.15, 0.2) is 18.3 Å². The second-order valence-electron chi connectivity index (χ2n) is 4.55. The van der Waals surface area contributed by atoms with Gasteiger partial charge in [0.25, 0.3) is 0 Å². The number of carbonyl (C=O) groups is 1. The molecule has 0 aliphatic heterocycles. The molecule has 2 rings (SSSR count). The van der Waals surface area contributed by atoms with Crippen molar-refractivity contribution in [1.29, 1.82) is 0 Å². The summed E-state index contributed by atoms with van der Waals surface area (Å²) in [5, 5.41) is 12.6. The third-order valence-electron chi connectivity index (χ3n) is 3.40. The molecule has 0 aromatic carbocycles. The fourth-order valence-electron chi connectivity index (χ4n) is 2.40. The Morgan fingerprint density at radius 2 is 2.44 bits per heavy atom. The Bertz CT molecular complexity index is 422. The molecule has 1 aromatic rings. The number of carbonyl (C=O) groups excluding carboxylic acids is 1. The van der Waals surface area contributed by atoms with Gasteiger partial charge >= 0.3 is 5.97 Å². The Labute approximate surface area is 106 Å². The molecule has 2 atom stereocenters. The number of nitrogens with one attached hydrogen (secondary N) is 1. The first-order valence-electron chi connectivity index (χ1n) is 6.16. The molecule has 5 nitrogen and oxygen atoms in total. The Morgan fingerprint density at radius 3 is 3.17 bits per heavy atom. The summed E-state index contributed by atoms with van der Waals surface area (Å²) in [5.41, 5.74) is 1.14. The number of aliphatic hydroxyl groups excluding tert-OH is 1. The Morgan fingerprint density at radius 1 is 1.61 bits per heavy atom. The maximum atomic E-state index is 11.4. The predicted molar refractivity (Wildman–Crippen MR) is 67.4 cm³/mol. The maximum Gasteiger partial charge on any atom is 0.356 e. The number of pyridine rings is 1. The van der Waals surface area contributed by atoms with Crippen molar-refractivity contribution in [2.75, 3.05) is 19.0 Å². The first-order chi connectivity index (χ1) is 8.74. The number of methoxy groups -OCH3 is 1. The molecule has 0 bridgehead atoms. The van der Waals surface area contributed by atoms with Gasteiger partial charge in [-0.3, -0.25) is 0 Å². The third-order valence-corrected chi connectivity index (χ3v) is 3.40. The van der Waals surface area contributed by atoms with Gasteiger partial charge < -0.3 is 15.2 Å². The van der Waals surface area contributed by atoms with Gasteiger partial charge in [-0.25, -0.2) is 9.78 Å². The monoisotopic (exact) mass is 250 g/mol. The molecule has 0 saturated heterocycles. The van der Waals surface area contributed by atoms with Crippen molar-refractivity contribution in [3.05, 3.63) is 24.0 Å². The van der Waals surface area contributed by atoms with Crippen molar-refractivity contribution in [2.24, 2.45) is 5.92 Å². The zero-order chi connectivity index (χ0) is 13.0. The third kappa shape index (κ3) is 2.79. The number of ether oxygens (including phenoxy) is 1. The smallest absolute Gasteiger partial charge is 0.356 e. The number of esters is 1. The van der Waals surface area contributed by atoms with Crippen LogP contribution in [0.1, 0.15) is 29.8 Å². The summed E-state index contributed by atoms with van der Waals surface area (Å²) in [6.07, 6.45) is 4.79. The summed E-state index contributed by atoms with van der Waals surface area (Å²) in [4.78, 5) is 15.3. The van der Waals surface area contributed by atoms with E-state index in [4.69, 9.17) is 0 Å². The highest BCUT2D eigenvalue weighted by molar-refractivity contribution is 5.88. The van der Waals surface area contributed by atoms with E-state index in [0.717, 1.165) is 24.9 Å². The Hall–Kier alpha value is -1.62. The molecule has 2 unspecified atom stereocenters. The van der Waals surface area contributed by atoms with Crippen LogP contribution in [0.3, 0.4) is 0 Å². The lowest BCUT2D eigenvalue weighted by atomic mass is 10.0. The molecule has 18 heavy (non-hydrogen) atoms. The zero-order valence-electron chi connectivity index (χ0n) is 10.4. The van der Waals surface area contributed by atoms with Crippen molar-refractivity contribution in [3.8, 4) is 0 Å². The first-order valence-corrected chi connectivity index (χ1v) is 6.16. The average Bonchev–Trinajstić information content (AvgIpc) is 2.85. The number of rotatable bonds is 4. The molecule has 0 radical (unpaired) electrons. The summed E-state index contributed by atoms with van der Waals surface area (Å²) in [7, 11) is 1.34. The summed E-state index contributed by atoms with van der Waals surface area (Å²) in [5.74, 6) is -0.150. The van der Waals surface area contributed by atoms with Crippen LogP contribution in [-0.4, -0.2) is 35.8 Å². The summed E-state index contributed by atoms with van der Waals surface area (Å²) >= 11 is 0. The number of nitrogens with zero attached hydrogens (tertiary/aromatic N) is 1. The van der Waals surface area contributed by atoms with Crippen LogP contribution in [0.25, 0.3) is 0 Å². The highest BCUT2D eigenvalue weighted by Crippen LogP contribution is 2.28. The first kappa shape index (κ1) is 12.8. The molecule has 1 aromatic heterocycles. The molecule has 1 aliphatic carbocycles. The Balaban J connectivity index is 2.07. The van der Waals surface area contributed by atoms with E-state index in [1.165, 1.54) is 7.11 Å². The molecule has 98 valence electrons. The van der Waals surface area contributed by atoms with E-state index in [1.54, 1.807) is 12.3 Å². The highest BCUT2D eigenvalue weighted by Gasteiger charge is 2.26. The molecule has 5 heteroatoms. The molecule has 1 fully saturated rings. The molecule has 1 heterocycles. The van der Waals surface area contributed by atoms with Gasteiger partial charge in [0.1, 0.15) is 5.69 Å². The van der Waals surface area contributed by atoms with Crippen LogP contribution in [0.5, 0.6) is 0 Å². The van der Waals surface area contributed by atoms with E-state index in [9.17, 15) is 9.90 Å². The van der Waals surface area contributed by atoms with E-state index in [1.807, 2.05) is 6.07 Å². The molecule has 0 spiro atoms. The number of aliphatic hydroxyl groups is 1. The quantitative estimate of drug-likeness (QED) is 0.791. The van der Waals surface area contributed by atoms with E-state index >= 15 is 0 Å². The predicted octanol–water partition coefficient (Wildman–Crippen LogP) is 1.44. The van der Waals surface area contributed by atoms with Gasteiger partial charge in [0.15, 0.2) is 0 Å². The zero-order valence-corrected chi connectivity index (χ0v) is 10.4. The summed E-state index contributed by atoms with van der Waals surface area (Å²) in [6, 6.07) is 3.76. The minimum Gasteiger partial charge on any atom is -0.464 e. The molecule has 2 N–H and O–H groups in total. The van der Waals surface area contributed by atoms with Crippen molar-refractivity contribution >= 4 is 11.7 Å². The summed E-state index contributed by atoms with van der Waals surface area (Å²) < 4.78 is 4.63. The number of aromatic nitrogens is 1. The van der Waals surface area contributed by atoms with Crippen LogP contribution in [0, 0.1) is 5.92 Å². The molecular formula is C13H18N2O3. The standard InChI is InChI=1S/C13H18N2O3/c1-18-13(17)12-7-10(5-6-14-12)15-11-4-2-3-9(11)8-16/h5-7,9,11,16H,2-4,8H2,1H3,(H,14,15). The lowest BCUT2D eigenvalue weighted by Crippen LogP contribution is -2.26. The lowest BCUT2D eigenvalue weighted by Gasteiger charge is -2.20. The van der Waals surface area contributed by atoms with Gasteiger partial charge in [-0.1, -0.05) is 6.42 Å². The fourth-order valence-corrected chi connectivity index (χ4v) is 2.40. The minimum absolute atomic E-state index is 0.201. The van der Waals surface area contributed by atoms with Gasteiger partial charge in [-0.15, -0.1) is 0 Å². The van der Waals surface area contributed by atoms with Crippen molar-refractivity contribution in [1.82, 2.24) is 4.98 Å². The highest BCUT2D eigenvalue weighted by atomic mass is 16.5. The van der Waals surface area contributed by atoms with Gasteiger partial charge in [-0.2, -0.15) is 0 Å². The average molecular weight is 250 g/mol. The van der Waals surface area contributed by atoms with E-state index in [-0.39, 0.29) is 12.6 Å². The number of hydrogen-bond donors (Lipinski definition) is 2. The van der Waals surface area contributed by atoms with E-state index in [0.29, 0.717) is 11.6 Å². The SMILES string of the molecule is COC(=O)c1cc(NC2CCCC2CO)ccn1. The maximum absolute atomic E-state index is 11.4. The van der Waals surface area contributed by atoms with Gasteiger partial charge in [0.2, 0.25) is 0 Å². The Kier molecular flexibility index (Phi) is 4.15. The van der Waals surface area contributed by atoms with Crippen LogP contribution < -0.4 is 5.32 Å². The van der Waals surface area contributed by atoms with E-state index < -0.39 is 5.97 Å².